The summed E-state index contributed by atoms with van der Waals surface area (Å²) >= 11 is 0. The highest BCUT2D eigenvalue weighted by molar-refractivity contribution is 5.79. The van der Waals surface area contributed by atoms with Crippen LogP contribution < -0.4 is 14.9 Å². The van der Waals surface area contributed by atoms with E-state index in [4.69, 9.17) is 13.9 Å². The molecule has 0 radical (unpaired) electrons. The van der Waals surface area contributed by atoms with Crippen LogP contribution in [0.5, 0.6) is 17.2 Å². The smallest absolute Gasteiger partial charge is 0.235 e. The highest BCUT2D eigenvalue weighted by Gasteiger charge is 2.11. The summed E-state index contributed by atoms with van der Waals surface area (Å²) in [5, 5.41) is 0.441. The van der Waals surface area contributed by atoms with E-state index in [-0.39, 0.29) is 11.2 Å². The predicted octanol–water partition coefficient (Wildman–Crippen LogP) is 7.14. The third-order valence-corrected chi connectivity index (χ3v) is 5.39. The van der Waals surface area contributed by atoms with Gasteiger partial charge in [0.15, 0.2) is 0 Å². The van der Waals surface area contributed by atoms with Gasteiger partial charge in [-0.2, -0.15) is 0 Å². The maximum Gasteiger partial charge on any atom is 0.235 e. The zero-order valence-corrected chi connectivity index (χ0v) is 18.2. The lowest BCUT2D eigenvalue weighted by atomic mass is 10.1. The fourth-order valence-corrected chi connectivity index (χ4v) is 3.69. The second-order valence-electron chi connectivity index (χ2n) is 7.86. The Morgan fingerprint density at radius 1 is 0.758 bits per heavy atom. The van der Waals surface area contributed by atoms with Crippen molar-refractivity contribution in [2.45, 2.75) is 13.5 Å². The molecule has 162 valence electrons. The average molecular weight is 434 g/mol. The van der Waals surface area contributed by atoms with E-state index in [1.807, 2.05) is 79.7 Å². The number of benzene rings is 4. The van der Waals surface area contributed by atoms with Crippen molar-refractivity contribution in [1.82, 2.24) is 0 Å². The van der Waals surface area contributed by atoms with Gasteiger partial charge >= 0.3 is 0 Å². The SMILES string of the molecule is Cc1cccc(COc2ccc3c(=O)c(Oc4ccc(-c5ccccc5)cc4)coc3c2)c1. The van der Waals surface area contributed by atoms with Crippen LogP contribution in [0.25, 0.3) is 22.1 Å². The molecule has 0 fully saturated rings. The largest absolute Gasteiger partial charge is 0.489 e. The monoisotopic (exact) mass is 434 g/mol. The van der Waals surface area contributed by atoms with Gasteiger partial charge in [0.05, 0.1) is 5.39 Å². The average Bonchev–Trinajstić information content (AvgIpc) is 2.85. The van der Waals surface area contributed by atoms with Gasteiger partial charge in [-0.3, -0.25) is 4.79 Å². The van der Waals surface area contributed by atoms with E-state index in [2.05, 4.69) is 6.07 Å². The molecule has 1 aromatic heterocycles. The molecule has 0 saturated carbocycles. The van der Waals surface area contributed by atoms with Crippen molar-refractivity contribution in [3.8, 4) is 28.4 Å². The Kier molecular flexibility index (Phi) is 5.64. The summed E-state index contributed by atoms with van der Waals surface area (Å²) in [5.41, 5.74) is 4.69. The lowest BCUT2D eigenvalue weighted by Crippen LogP contribution is -2.05. The molecule has 33 heavy (non-hydrogen) atoms. The van der Waals surface area contributed by atoms with Crippen LogP contribution in [0.3, 0.4) is 0 Å². The third kappa shape index (κ3) is 4.65. The van der Waals surface area contributed by atoms with Crippen LogP contribution in [0.4, 0.5) is 0 Å². The zero-order valence-electron chi connectivity index (χ0n) is 18.2. The first kappa shape index (κ1) is 20.6. The van der Waals surface area contributed by atoms with Gasteiger partial charge in [-0.1, -0.05) is 72.3 Å². The number of hydrogen-bond donors (Lipinski definition) is 0. The second kappa shape index (κ2) is 9.05. The zero-order chi connectivity index (χ0) is 22.6. The van der Waals surface area contributed by atoms with E-state index in [1.54, 1.807) is 18.2 Å². The van der Waals surface area contributed by atoms with Crippen LogP contribution in [-0.2, 0) is 6.61 Å². The van der Waals surface area contributed by atoms with E-state index in [1.165, 1.54) is 11.8 Å². The first-order valence-electron chi connectivity index (χ1n) is 10.7. The number of hydrogen-bond acceptors (Lipinski definition) is 4. The molecule has 4 nitrogen and oxygen atoms in total. The van der Waals surface area contributed by atoms with Crippen molar-refractivity contribution in [3.63, 3.8) is 0 Å². The number of fused-ring (bicyclic) bond motifs is 1. The molecule has 4 aromatic carbocycles. The topological polar surface area (TPSA) is 48.7 Å². The van der Waals surface area contributed by atoms with E-state index in [0.29, 0.717) is 29.1 Å². The fourth-order valence-electron chi connectivity index (χ4n) is 3.69. The molecular formula is C29H22O4. The summed E-state index contributed by atoms with van der Waals surface area (Å²) in [6.07, 6.45) is 1.35. The molecular weight excluding hydrogens is 412 g/mol. The maximum absolute atomic E-state index is 12.9. The van der Waals surface area contributed by atoms with E-state index >= 15 is 0 Å². The van der Waals surface area contributed by atoms with Gasteiger partial charge in [0.1, 0.15) is 30.0 Å². The predicted molar refractivity (Wildman–Crippen MR) is 130 cm³/mol. The van der Waals surface area contributed by atoms with Crippen molar-refractivity contribution in [2.24, 2.45) is 0 Å². The van der Waals surface area contributed by atoms with Crippen molar-refractivity contribution in [1.29, 1.82) is 0 Å². The molecule has 0 bridgehead atoms. The molecule has 0 aliphatic heterocycles. The van der Waals surface area contributed by atoms with Crippen molar-refractivity contribution in [3.05, 3.63) is 125 Å². The molecule has 0 unspecified atom stereocenters. The Bertz CT molecular complexity index is 1450. The molecule has 0 aliphatic carbocycles. The van der Waals surface area contributed by atoms with Gasteiger partial charge in [-0.15, -0.1) is 0 Å². The van der Waals surface area contributed by atoms with Crippen LogP contribution in [-0.4, -0.2) is 0 Å². The van der Waals surface area contributed by atoms with Crippen LogP contribution in [0, 0.1) is 6.92 Å². The molecule has 5 aromatic rings. The van der Waals surface area contributed by atoms with Gasteiger partial charge in [0.25, 0.3) is 0 Å². The molecule has 1 heterocycles. The Balaban J connectivity index is 1.33. The van der Waals surface area contributed by atoms with E-state index in [0.717, 1.165) is 16.7 Å². The number of rotatable bonds is 6. The molecule has 5 rings (SSSR count). The summed E-state index contributed by atoms with van der Waals surface area (Å²) < 4.78 is 17.4. The Morgan fingerprint density at radius 2 is 1.52 bits per heavy atom. The van der Waals surface area contributed by atoms with Gasteiger partial charge in [-0.05, 0) is 47.9 Å². The summed E-state index contributed by atoms with van der Waals surface area (Å²) in [5.74, 6) is 1.35. The molecule has 4 heteroatoms. The van der Waals surface area contributed by atoms with Crippen molar-refractivity contribution in [2.75, 3.05) is 0 Å². The van der Waals surface area contributed by atoms with Crippen molar-refractivity contribution >= 4 is 11.0 Å². The van der Waals surface area contributed by atoms with Crippen LogP contribution >= 0.6 is 0 Å². The highest BCUT2D eigenvalue weighted by atomic mass is 16.5. The standard InChI is InChI=1S/C29H22O4/c1-20-6-5-7-21(16-20)18-31-25-14-15-26-27(17-25)32-19-28(29(26)30)33-24-12-10-23(11-13-24)22-8-3-2-4-9-22/h2-17,19H,18H2,1H3. The quantitative estimate of drug-likeness (QED) is 0.285. The molecule has 0 saturated heterocycles. The minimum atomic E-state index is -0.228. The molecule has 0 amide bonds. The third-order valence-electron chi connectivity index (χ3n) is 5.39. The van der Waals surface area contributed by atoms with Gasteiger partial charge in [0.2, 0.25) is 11.2 Å². The Hall–Kier alpha value is -4.31. The van der Waals surface area contributed by atoms with Gasteiger partial charge in [0, 0.05) is 6.07 Å². The number of aryl methyl sites for hydroxylation is 1. The normalized spacial score (nSPS) is 10.8. The van der Waals surface area contributed by atoms with Crippen LogP contribution in [0.1, 0.15) is 11.1 Å². The van der Waals surface area contributed by atoms with E-state index in [9.17, 15) is 4.79 Å². The Morgan fingerprint density at radius 3 is 2.30 bits per heavy atom. The van der Waals surface area contributed by atoms with Crippen LogP contribution in [0.2, 0.25) is 0 Å². The van der Waals surface area contributed by atoms with E-state index < -0.39 is 0 Å². The van der Waals surface area contributed by atoms with Gasteiger partial charge in [-0.25, -0.2) is 0 Å². The summed E-state index contributed by atoms with van der Waals surface area (Å²) in [6, 6.07) is 31.0. The van der Waals surface area contributed by atoms with Crippen LogP contribution in [0.15, 0.2) is 113 Å². The molecule has 0 spiro atoms. The highest BCUT2D eigenvalue weighted by Crippen LogP contribution is 2.27. The van der Waals surface area contributed by atoms with Crippen molar-refractivity contribution < 1.29 is 13.9 Å². The fraction of sp³-hybridized carbons (Fsp3) is 0.0690. The lowest BCUT2D eigenvalue weighted by molar-refractivity contribution is 0.306. The first-order chi connectivity index (χ1) is 16.2. The summed E-state index contributed by atoms with van der Waals surface area (Å²) in [6.45, 7) is 2.49. The second-order valence-corrected chi connectivity index (χ2v) is 7.86. The maximum atomic E-state index is 12.9. The number of ether oxygens (including phenoxy) is 2. The molecule has 0 N–H and O–H groups in total. The minimum Gasteiger partial charge on any atom is -0.489 e. The Labute approximate surface area is 191 Å². The van der Waals surface area contributed by atoms with Gasteiger partial charge < -0.3 is 13.9 Å². The molecule has 0 atom stereocenters. The minimum absolute atomic E-state index is 0.142. The lowest BCUT2D eigenvalue weighted by Gasteiger charge is -2.09. The summed E-state index contributed by atoms with van der Waals surface area (Å²) in [4.78, 5) is 12.9. The molecule has 0 aliphatic rings. The summed E-state index contributed by atoms with van der Waals surface area (Å²) in [7, 11) is 0. The first-order valence-corrected chi connectivity index (χ1v) is 10.7.